The van der Waals surface area contributed by atoms with E-state index >= 15 is 0 Å². The van der Waals surface area contributed by atoms with Crippen LogP contribution in [0.25, 0.3) is 12.2 Å². The molecule has 1 aromatic rings. The molecule has 0 fully saturated rings. The van der Waals surface area contributed by atoms with Crippen molar-refractivity contribution in [1.29, 1.82) is 0 Å². The predicted molar refractivity (Wildman–Crippen MR) is 59.7 cm³/mol. The van der Waals surface area contributed by atoms with Crippen molar-refractivity contribution in [3.05, 3.63) is 36.4 Å². The highest BCUT2D eigenvalue weighted by molar-refractivity contribution is 5.68. The first-order valence-electron chi connectivity index (χ1n) is 4.27. The molecule has 0 aliphatic carbocycles. The second kappa shape index (κ2) is 4.51. The average molecular weight is 190 g/mol. The van der Waals surface area contributed by atoms with Crippen LogP contribution in [0.1, 0.15) is 11.1 Å². The summed E-state index contributed by atoms with van der Waals surface area (Å²) in [4.78, 5) is 0. The van der Waals surface area contributed by atoms with Gasteiger partial charge in [0.15, 0.2) is 0 Å². The number of ether oxygens (including phenoxy) is 2. The smallest absolute Gasteiger partial charge is 0.133 e. The van der Waals surface area contributed by atoms with Gasteiger partial charge in [-0.15, -0.1) is 0 Å². The molecule has 0 heterocycles. The van der Waals surface area contributed by atoms with Crippen LogP contribution in [0.5, 0.6) is 11.5 Å². The lowest BCUT2D eigenvalue weighted by atomic mass is 10.1. The van der Waals surface area contributed by atoms with Crippen molar-refractivity contribution in [2.24, 2.45) is 0 Å². The minimum Gasteiger partial charge on any atom is -0.497 e. The predicted octanol–water partition coefficient (Wildman–Crippen LogP) is 2.99. The molecular weight excluding hydrogens is 176 g/mol. The second-order valence-electron chi connectivity index (χ2n) is 2.75. The highest BCUT2D eigenvalue weighted by Gasteiger charge is 2.07. The molecule has 0 spiro atoms. The second-order valence-corrected chi connectivity index (χ2v) is 2.75. The van der Waals surface area contributed by atoms with Gasteiger partial charge in [-0.05, 0) is 12.1 Å². The Bertz CT molecular complexity index is 324. The average Bonchev–Trinajstić information content (AvgIpc) is 2.26. The third-order valence-corrected chi connectivity index (χ3v) is 2.00. The van der Waals surface area contributed by atoms with Gasteiger partial charge in [-0.1, -0.05) is 25.3 Å². The maximum atomic E-state index is 5.26. The number of benzene rings is 1. The van der Waals surface area contributed by atoms with Crippen LogP contribution in [0.2, 0.25) is 0 Å². The fraction of sp³-hybridized carbons (Fsp3) is 0.167. The van der Waals surface area contributed by atoms with Gasteiger partial charge < -0.3 is 9.47 Å². The maximum Gasteiger partial charge on any atom is 0.133 e. The fourth-order valence-electron chi connectivity index (χ4n) is 1.30. The molecule has 0 aromatic heterocycles. The van der Waals surface area contributed by atoms with Gasteiger partial charge in [0.05, 0.1) is 14.2 Å². The first-order chi connectivity index (χ1) is 6.76. The van der Waals surface area contributed by atoms with E-state index in [-0.39, 0.29) is 0 Å². The first-order valence-corrected chi connectivity index (χ1v) is 4.27. The monoisotopic (exact) mass is 190 g/mol. The summed E-state index contributed by atoms with van der Waals surface area (Å²) in [5.41, 5.74) is 1.81. The van der Waals surface area contributed by atoms with Crippen LogP contribution in [0, 0.1) is 0 Å². The Morgan fingerprint density at radius 3 is 1.79 bits per heavy atom. The molecule has 0 N–H and O–H groups in total. The largest absolute Gasteiger partial charge is 0.497 e. The van der Waals surface area contributed by atoms with Crippen LogP contribution in [0.4, 0.5) is 0 Å². The molecule has 2 heteroatoms. The van der Waals surface area contributed by atoms with Crippen molar-refractivity contribution in [3.8, 4) is 11.5 Å². The molecule has 0 radical (unpaired) electrons. The molecule has 0 aliphatic heterocycles. The minimum atomic E-state index is 0.774. The van der Waals surface area contributed by atoms with E-state index in [0.29, 0.717) is 0 Å². The highest BCUT2D eigenvalue weighted by atomic mass is 16.5. The van der Waals surface area contributed by atoms with E-state index < -0.39 is 0 Å². The number of rotatable bonds is 4. The van der Waals surface area contributed by atoms with E-state index in [9.17, 15) is 0 Å². The summed E-state index contributed by atoms with van der Waals surface area (Å²) in [7, 11) is 3.25. The molecule has 0 saturated heterocycles. The molecule has 0 unspecified atom stereocenters. The Hall–Kier alpha value is -1.70. The van der Waals surface area contributed by atoms with Crippen molar-refractivity contribution in [3.63, 3.8) is 0 Å². The molecule has 0 bridgehead atoms. The van der Waals surface area contributed by atoms with Crippen molar-refractivity contribution in [2.75, 3.05) is 14.2 Å². The molecule has 0 saturated carbocycles. The number of hydrogen-bond acceptors (Lipinski definition) is 2. The SMILES string of the molecule is C=Cc1cc(OC)cc(C=C)c1OC. The van der Waals surface area contributed by atoms with Gasteiger partial charge in [-0.25, -0.2) is 0 Å². The molecule has 0 amide bonds. The summed E-state index contributed by atoms with van der Waals surface area (Å²) in [5.74, 6) is 1.55. The van der Waals surface area contributed by atoms with E-state index in [1.807, 2.05) is 12.1 Å². The zero-order valence-corrected chi connectivity index (χ0v) is 8.54. The number of hydrogen-bond donors (Lipinski definition) is 0. The van der Waals surface area contributed by atoms with E-state index in [1.165, 1.54) is 0 Å². The molecular formula is C12H14O2. The van der Waals surface area contributed by atoms with Crippen molar-refractivity contribution in [2.45, 2.75) is 0 Å². The summed E-state index contributed by atoms with van der Waals surface area (Å²) in [6.45, 7) is 7.44. The van der Waals surface area contributed by atoms with Gasteiger partial charge in [0, 0.05) is 11.1 Å². The quantitative estimate of drug-likeness (QED) is 0.726. The first kappa shape index (κ1) is 10.4. The van der Waals surface area contributed by atoms with Gasteiger partial charge >= 0.3 is 0 Å². The van der Waals surface area contributed by atoms with E-state index in [4.69, 9.17) is 9.47 Å². The maximum absolute atomic E-state index is 5.26. The Balaban J connectivity index is 3.38. The minimum absolute atomic E-state index is 0.774. The lowest BCUT2D eigenvalue weighted by Gasteiger charge is -2.10. The summed E-state index contributed by atoms with van der Waals surface area (Å²) in [6, 6.07) is 3.75. The van der Waals surface area contributed by atoms with Crippen molar-refractivity contribution < 1.29 is 9.47 Å². The van der Waals surface area contributed by atoms with Crippen LogP contribution < -0.4 is 9.47 Å². The Labute approximate surface area is 84.5 Å². The van der Waals surface area contributed by atoms with E-state index in [2.05, 4.69) is 13.2 Å². The zero-order valence-electron chi connectivity index (χ0n) is 8.54. The topological polar surface area (TPSA) is 18.5 Å². The van der Waals surface area contributed by atoms with Crippen LogP contribution in [-0.2, 0) is 0 Å². The summed E-state index contributed by atoms with van der Waals surface area (Å²) >= 11 is 0. The van der Waals surface area contributed by atoms with Crippen LogP contribution >= 0.6 is 0 Å². The standard InChI is InChI=1S/C12H14O2/c1-5-9-7-11(13-3)8-10(6-2)12(9)14-4/h5-8H,1-2H2,3-4H3. The van der Waals surface area contributed by atoms with Gasteiger partial charge in [-0.3, -0.25) is 0 Å². The third-order valence-electron chi connectivity index (χ3n) is 2.00. The molecule has 0 atom stereocenters. The van der Waals surface area contributed by atoms with Crippen molar-refractivity contribution >= 4 is 12.2 Å². The third kappa shape index (κ3) is 1.79. The van der Waals surface area contributed by atoms with Gasteiger partial charge in [0.2, 0.25) is 0 Å². The lowest BCUT2D eigenvalue weighted by molar-refractivity contribution is 0.401. The summed E-state index contributed by atoms with van der Waals surface area (Å²) in [6.07, 6.45) is 3.46. The molecule has 2 nitrogen and oxygen atoms in total. The molecule has 74 valence electrons. The van der Waals surface area contributed by atoms with Gasteiger partial charge in [0.1, 0.15) is 11.5 Å². The Morgan fingerprint density at radius 2 is 1.50 bits per heavy atom. The molecule has 1 rings (SSSR count). The Morgan fingerprint density at radius 1 is 1.00 bits per heavy atom. The summed E-state index contributed by atoms with van der Waals surface area (Å²) in [5, 5.41) is 0. The van der Waals surface area contributed by atoms with Crippen LogP contribution in [0.15, 0.2) is 25.3 Å². The van der Waals surface area contributed by atoms with Gasteiger partial charge in [0.25, 0.3) is 0 Å². The fourth-order valence-corrected chi connectivity index (χ4v) is 1.30. The molecule has 0 aliphatic rings. The Kier molecular flexibility index (Phi) is 3.35. The van der Waals surface area contributed by atoms with Crippen LogP contribution in [-0.4, -0.2) is 14.2 Å². The molecule has 1 aromatic carbocycles. The highest BCUT2D eigenvalue weighted by Crippen LogP contribution is 2.30. The van der Waals surface area contributed by atoms with Crippen LogP contribution in [0.3, 0.4) is 0 Å². The van der Waals surface area contributed by atoms with Crippen molar-refractivity contribution in [1.82, 2.24) is 0 Å². The normalized spacial score (nSPS) is 9.29. The number of methoxy groups -OCH3 is 2. The van der Waals surface area contributed by atoms with Gasteiger partial charge in [-0.2, -0.15) is 0 Å². The zero-order chi connectivity index (χ0) is 10.6. The lowest BCUT2D eigenvalue weighted by Crippen LogP contribution is -1.93. The van der Waals surface area contributed by atoms with E-state index in [0.717, 1.165) is 22.6 Å². The summed E-state index contributed by atoms with van der Waals surface area (Å²) < 4.78 is 10.4. The molecule has 14 heavy (non-hydrogen) atoms. The van der Waals surface area contributed by atoms with E-state index in [1.54, 1.807) is 26.4 Å².